The molecule has 30 heavy (non-hydrogen) atoms. The molecule has 0 saturated carbocycles. The van der Waals surface area contributed by atoms with Gasteiger partial charge in [0.2, 0.25) is 5.91 Å². The molecule has 2 aromatic carbocycles. The van der Waals surface area contributed by atoms with Gasteiger partial charge in [0.1, 0.15) is 6.54 Å². The quantitative estimate of drug-likeness (QED) is 0.601. The van der Waals surface area contributed by atoms with Gasteiger partial charge in [0.05, 0.1) is 0 Å². The Labute approximate surface area is 175 Å². The predicted octanol–water partition coefficient (Wildman–Crippen LogP) is 3.29. The highest BCUT2D eigenvalue weighted by Gasteiger charge is 2.20. The summed E-state index contributed by atoms with van der Waals surface area (Å²) in [5, 5.41) is 13.4. The lowest BCUT2D eigenvalue weighted by atomic mass is 10.1. The summed E-state index contributed by atoms with van der Waals surface area (Å²) in [4.78, 5) is 25.1. The van der Waals surface area contributed by atoms with Crippen molar-refractivity contribution in [3.05, 3.63) is 63.8 Å². The number of carbonyl (C=O) groups excluding carboxylic acids is 2. The number of hydrogen-bond acceptors (Lipinski definition) is 5. The first-order valence-corrected chi connectivity index (χ1v) is 9.61. The average Bonchev–Trinajstić information content (AvgIpc) is 3.01. The fourth-order valence-corrected chi connectivity index (χ4v) is 3.43. The molecule has 1 aromatic heterocycles. The molecule has 3 rings (SSSR count). The van der Waals surface area contributed by atoms with E-state index in [1.165, 1.54) is 4.68 Å². The summed E-state index contributed by atoms with van der Waals surface area (Å²) in [6.45, 7) is 9.62. The summed E-state index contributed by atoms with van der Waals surface area (Å²) in [5.41, 5.74) is 12.5. The zero-order valence-corrected chi connectivity index (χ0v) is 17.8. The van der Waals surface area contributed by atoms with Gasteiger partial charge in [-0.2, -0.15) is 0 Å². The molecule has 0 aliphatic heterocycles. The molecular formula is C22H26N6O2. The Balaban J connectivity index is 1.72. The smallest absolute Gasteiger partial charge is 0.280 e. The van der Waals surface area contributed by atoms with Gasteiger partial charge in [0.25, 0.3) is 5.91 Å². The minimum absolute atomic E-state index is 0.0227. The third-order valence-corrected chi connectivity index (χ3v) is 4.85. The molecule has 4 N–H and O–H groups in total. The standard InChI is InChI=1S/C22H26N6O2/c1-12-6-7-17(14(3)8-12)24-22(30)20-21(23)28(27-26-20)11-18(29)25-19-15(4)9-13(2)10-16(19)5/h6-10H,11,23H2,1-5H3,(H,24,30)(H,25,29). The highest BCUT2D eigenvalue weighted by atomic mass is 16.2. The molecule has 1 heterocycles. The Morgan fingerprint density at radius 1 is 0.933 bits per heavy atom. The van der Waals surface area contributed by atoms with Gasteiger partial charge >= 0.3 is 0 Å². The van der Waals surface area contributed by atoms with Crippen molar-refractivity contribution < 1.29 is 9.59 Å². The molecule has 0 unspecified atom stereocenters. The maximum absolute atomic E-state index is 12.6. The van der Waals surface area contributed by atoms with Crippen LogP contribution in [0.25, 0.3) is 0 Å². The second-order valence-corrected chi connectivity index (χ2v) is 7.58. The molecule has 0 bridgehead atoms. The van der Waals surface area contributed by atoms with Gasteiger partial charge in [-0.3, -0.25) is 9.59 Å². The summed E-state index contributed by atoms with van der Waals surface area (Å²) in [6.07, 6.45) is 0. The molecule has 0 spiro atoms. The number of nitrogens with one attached hydrogen (secondary N) is 2. The molecule has 0 aliphatic rings. The zero-order chi connectivity index (χ0) is 22.0. The number of nitrogen functional groups attached to an aromatic ring is 1. The number of nitrogens with two attached hydrogens (primary N) is 1. The van der Waals surface area contributed by atoms with Crippen LogP contribution in [0.3, 0.4) is 0 Å². The summed E-state index contributed by atoms with van der Waals surface area (Å²) < 4.78 is 1.21. The van der Waals surface area contributed by atoms with Crippen molar-refractivity contribution in [1.29, 1.82) is 0 Å². The number of hydrogen-bond donors (Lipinski definition) is 3. The van der Waals surface area contributed by atoms with Crippen molar-refractivity contribution in [3.8, 4) is 0 Å². The van der Waals surface area contributed by atoms with Gasteiger partial charge in [-0.25, -0.2) is 4.68 Å². The van der Waals surface area contributed by atoms with Crippen molar-refractivity contribution in [3.63, 3.8) is 0 Å². The van der Waals surface area contributed by atoms with Crippen LogP contribution in [0.4, 0.5) is 17.2 Å². The summed E-state index contributed by atoms with van der Waals surface area (Å²) >= 11 is 0. The Morgan fingerprint density at radius 3 is 2.20 bits per heavy atom. The molecule has 8 heteroatoms. The van der Waals surface area contributed by atoms with Crippen molar-refractivity contribution in [2.24, 2.45) is 0 Å². The van der Waals surface area contributed by atoms with Gasteiger partial charge in [0, 0.05) is 11.4 Å². The van der Waals surface area contributed by atoms with E-state index in [2.05, 4.69) is 20.9 Å². The summed E-state index contributed by atoms with van der Waals surface area (Å²) in [7, 11) is 0. The van der Waals surface area contributed by atoms with E-state index in [0.29, 0.717) is 5.69 Å². The van der Waals surface area contributed by atoms with Crippen LogP contribution in [0.2, 0.25) is 0 Å². The summed E-state index contributed by atoms with van der Waals surface area (Å²) in [6, 6.07) is 9.70. The number of aromatic nitrogens is 3. The molecule has 2 amide bonds. The molecule has 0 saturated heterocycles. The average molecular weight is 406 g/mol. The van der Waals surface area contributed by atoms with Gasteiger partial charge in [-0.05, 0) is 57.4 Å². The Hall–Kier alpha value is -3.68. The highest BCUT2D eigenvalue weighted by molar-refractivity contribution is 6.06. The maximum atomic E-state index is 12.6. The number of benzene rings is 2. The number of anilines is 3. The molecule has 0 radical (unpaired) electrons. The first-order valence-electron chi connectivity index (χ1n) is 9.61. The van der Waals surface area contributed by atoms with Crippen LogP contribution >= 0.6 is 0 Å². The van der Waals surface area contributed by atoms with Crippen molar-refractivity contribution >= 4 is 29.0 Å². The lowest BCUT2D eigenvalue weighted by Gasteiger charge is -2.13. The van der Waals surface area contributed by atoms with Crippen molar-refractivity contribution in [2.75, 3.05) is 16.4 Å². The fourth-order valence-electron chi connectivity index (χ4n) is 3.43. The summed E-state index contributed by atoms with van der Waals surface area (Å²) in [5.74, 6) is -0.746. The van der Waals surface area contributed by atoms with E-state index in [4.69, 9.17) is 5.73 Å². The minimum atomic E-state index is -0.476. The lowest BCUT2D eigenvalue weighted by Crippen LogP contribution is -2.22. The highest BCUT2D eigenvalue weighted by Crippen LogP contribution is 2.22. The van der Waals surface area contributed by atoms with Crippen LogP contribution in [-0.2, 0) is 11.3 Å². The van der Waals surface area contributed by atoms with E-state index in [1.54, 1.807) is 0 Å². The largest absolute Gasteiger partial charge is 0.382 e. The maximum Gasteiger partial charge on any atom is 0.280 e. The van der Waals surface area contributed by atoms with Gasteiger partial charge in [-0.15, -0.1) is 5.10 Å². The Morgan fingerprint density at radius 2 is 1.57 bits per heavy atom. The van der Waals surface area contributed by atoms with E-state index in [9.17, 15) is 9.59 Å². The molecule has 0 fully saturated rings. The SMILES string of the molecule is Cc1ccc(NC(=O)c2nnn(CC(=O)Nc3c(C)cc(C)cc3C)c2N)c(C)c1. The Kier molecular flexibility index (Phi) is 5.86. The normalized spacial score (nSPS) is 10.7. The number of rotatable bonds is 5. The van der Waals surface area contributed by atoms with E-state index in [-0.39, 0.29) is 24.0 Å². The lowest BCUT2D eigenvalue weighted by molar-refractivity contribution is -0.116. The first kappa shape index (κ1) is 21.0. The van der Waals surface area contributed by atoms with Gasteiger partial charge < -0.3 is 16.4 Å². The van der Waals surface area contributed by atoms with E-state index in [1.807, 2.05) is 65.0 Å². The van der Waals surface area contributed by atoms with Crippen LogP contribution in [-0.4, -0.2) is 26.8 Å². The van der Waals surface area contributed by atoms with Crippen molar-refractivity contribution in [2.45, 2.75) is 41.2 Å². The molecule has 0 atom stereocenters. The van der Waals surface area contributed by atoms with E-state index >= 15 is 0 Å². The van der Waals surface area contributed by atoms with Crippen LogP contribution < -0.4 is 16.4 Å². The van der Waals surface area contributed by atoms with E-state index < -0.39 is 5.91 Å². The Bertz CT molecular complexity index is 1110. The van der Waals surface area contributed by atoms with Crippen LogP contribution in [0.15, 0.2) is 30.3 Å². The predicted molar refractivity (Wildman–Crippen MR) is 118 cm³/mol. The molecule has 156 valence electrons. The number of amides is 2. The van der Waals surface area contributed by atoms with Crippen LogP contribution in [0.5, 0.6) is 0 Å². The molecule has 8 nitrogen and oxygen atoms in total. The van der Waals surface area contributed by atoms with Crippen LogP contribution in [0.1, 0.15) is 38.3 Å². The third kappa shape index (κ3) is 4.48. The fraction of sp³-hybridized carbons (Fsp3) is 0.273. The number of aryl methyl sites for hydroxylation is 5. The third-order valence-electron chi connectivity index (χ3n) is 4.85. The molecular weight excluding hydrogens is 380 g/mol. The first-order chi connectivity index (χ1) is 14.2. The molecule has 0 aliphatic carbocycles. The zero-order valence-electron chi connectivity index (χ0n) is 17.8. The molecule has 3 aromatic rings. The topological polar surface area (TPSA) is 115 Å². The second kappa shape index (κ2) is 8.36. The van der Waals surface area contributed by atoms with Crippen LogP contribution in [0, 0.1) is 34.6 Å². The van der Waals surface area contributed by atoms with Gasteiger partial charge in [-0.1, -0.05) is 40.6 Å². The van der Waals surface area contributed by atoms with Gasteiger partial charge in [0.15, 0.2) is 11.5 Å². The number of nitrogens with zero attached hydrogens (tertiary/aromatic N) is 3. The van der Waals surface area contributed by atoms with Crippen molar-refractivity contribution in [1.82, 2.24) is 15.0 Å². The second-order valence-electron chi connectivity index (χ2n) is 7.58. The number of carbonyl (C=O) groups is 2. The minimum Gasteiger partial charge on any atom is -0.382 e. The monoisotopic (exact) mass is 406 g/mol. The van der Waals surface area contributed by atoms with E-state index in [0.717, 1.165) is 33.5 Å².